The van der Waals surface area contributed by atoms with Crippen molar-refractivity contribution >= 4 is 29.1 Å². The van der Waals surface area contributed by atoms with Crippen LogP contribution >= 0.6 is 11.3 Å². The first-order valence-electron chi connectivity index (χ1n) is 12.9. The van der Waals surface area contributed by atoms with Gasteiger partial charge in [-0.1, -0.05) is 38.5 Å². The van der Waals surface area contributed by atoms with Gasteiger partial charge in [-0.3, -0.25) is 5.32 Å². The second-order valence-electron chi connectivity index (χ2n) is 10.3. The van der Waals surface area contributed by atoms with Gasteiger partial charge in [0.15, 0.2) is 0 Å². The number of carbonyl (C=O) groups is 1. The molecule has 0 radical (unpaired) electrons. The fourth-order valence-corrected chi connectivity index (χ4v) is 4.74. The first-order chi connectivity index (χ1) is 18.8. The first-order valence-corrected chi connectivity index (χ1v) is 13.8. The van der Waals surface area contributed by atoms with E-state index in [0.29, 0.717) is 43.2 Å². The van der Waals surface area contributed by atoms with Gasteiger partial charge >= 0.3 is 6.03 Å². The van der Waals surface area contributed by atoms with Gasteiger partial charge in [0.05, 0.1) is 36.0 Å². The van der Waals surface area contributed by atoms with Crippen LogP contribution in [0.25, 0.3) is 5.69 Å². The zero-order valence-electron chi connectivity index (χ0n) is 22.6. The van der Waals surface area contributed by atoms with Crippen LogP contribution < -0.4 is 20.3 Å². The number of nitrogens with zero attached hydrogens (tertiary/aromatic N) is 5. The Hall–Kier alpha value is -3.96. The summed E-state index contributed by atoms with van der Waals surface area (Å²) in [7, 11) is 0. The molecule has 10 nitrogen and oxygen atoms in total. The fraction of sp³-hybridized carbons (Fsp3) is 0.357. The van der Waals surface area contributed by atoms with E-state index in [1.807, 2.05) is 48.7 Å². The number of hydrogen-bond acceptors (Lipinski definition) is 8. The molecule has 1 saturated heterocycles. The number of aromatic nitrogens is 4. The second-order valence-corrected chi connectivity index (χ2v) is 11.3. The maximum absolute atomic E-state index is 13.0. The number of ether oxygens (including phenoxy) is 2. The molecule has 1 aliphatic heterocycles. The number of carbonyl (C=O) groups excluding carboxylic acids is 1. The highest BCUT2D eigenvalue weighted by Gasteiger charge is 2.22. The van der Waals surface area contributed by atoms with Gasteiger partial charge < -0.3 is 19.7 Å². The lowest BCUT2D eigenvalue weighted by Gasteiger charge is -2.26. The Labute approximate surface area is 232 Å². The highest BCUT2D eigenvalue weighted by atomic mass is 32.1. The van der Waals surface area contributed by atoms with E-state index >= 15 is 0 Å². The molecule has 0 saturated carbocycles. The standard InChI is InChI=1S/C28H33N7O3S/c1-19-5-7-20(8-6-19)35-24(17-23(33-35)28(2,3)4)31-27(36)30-18-22-21(10-16-39-22)38-25-9-11-29-26(32-25)34-12-14-37-15-13-34/h5-11,16-17H,12-15,18H2,1-4H3,(H2,30,31,36). The average molecular weight is 548 g/mol. The van der Waals surface area contributed by atoms with Gasteiger partial charge in [-0.15, -0.1) is 11.3 Å². The largest absolute Gasteiger partial charge is 0.438 e. The molecule has 1 aliphatic rings. The highest BCUT2D eigenvalue weighted by molar-refractivity contribution is 7.10. The molecular formula is C28H33N7O3S. The van der Waals surface area contributed by atoms with Crippen LogP contribution in [0.4, 0.5) is 16.6 Å². The zero-order valence-corrected chi connectivity index (χ0v) is 23.4. The summed E-state index contributed by atoms with van der Waals surface area (Å²) in [6, 6.07) is 13.2. The van der Waals surface area contributed by atoms with E-state index in [1.165, 1.54) is 11.3 Å². The molecule has 1 fully saturated rings. The minimum atomic E-state index is -0.334. The molecule has 3 aromatic heterocycles. The molecule has 0 bridgehead atoms. The van der Waals surface area contributed by atoms with E-state index in [0.717, 1.165) is 34.9 Å². The quantitative estimate of drug-likeness (QED) is 0.324. The summed E-state index contributed by atoms with van der Waals surface area (Å²) in [5.41, 5.74) is 2.74. The second kappa shape index (κ2) is 11.4. The number of nitrogens with one attached hydrogen (secondary N) is 2. The van der Waals surface area contributed by atoms with Crippen LogP contribution in [0.5, 0.6) is 11.6 Å². The van der Waals surface area contributed by atoms with Gasteiger partial charge in [-0.25, -0.2) is 14.5 Å². The number of anilines is 2. The molecule has 2 amide bonds. The van der Waals surface area contributed by atoms with Crippen molar-refractivity contribution in [2.45, 2.75) is 39.7 Å². The zero-order chi connectivity index (χ0) is 27.4. The molecule has 11 heteroatoms. The van der Waals surface area contributed by atoms with Gasteiger partial charge in [-0.05, 0) is 30.5 Å². The minimum absolute atomic E-state index is 0.172. The third-order valence-electron chi connectivity index (χ3n) is 6.24. The first kappa shape index (κ1) is 26.6. The van der Waals surface area contributed by atoms with E-state index in [4.69, 9.17) is 14.6 Å². The number of aryl methyl sites for hydroxylation is 1. The summed E-state index contributed by atoms with van der Waals surface area (Å²) in [6.45, 7) is 11.4. The summed E-state index contributed by atoms with van der Waals surface area (Å²) in [5, 5.41) is 12.6. The Bertz CT molecular complexity index is 1420. The predicted molar refractivity (Wildman–Crippen MR) is 152 cm³/mol. The molecule has 2 N–H and O–H groups in total. The van der Waals surface area contributed by atoms with Crippen molar-refractivity contribution < 1.29 is 14.3 Å². The Balaban J connectivity index is 1.25. The summed E-state index contributed by atoms with van der Waals surface area (Å²) < 4.78 is 13.3. The lowest BCUT2D eigenvalue weighted by Crippen LogP contribution is -2.37. The molecule has 0 aliphatic carbocycles. The maximum Gasteiger partial charge on any atom is 0.320 e. The van der Waals surface area contributed by atoms with Crippen LogP contribution in [-0.2, 0) is 16.7 Å². The van der Waals surface area contributed by atoms with Crippen LogP contribution in [-0.4, -0.2) is 52.1 Å². The molecule has 5 rings (SSSR count). The number of thiophene rings is 1. The summed E-state index contributed by atoms with van der Waals surface area (Å²) in [6.07, 6.45) is 1.69. The maximum atomic E-state index is 13.0. The number of rotatable bonds is 7. The molecule has 0 unspecified atom stereocenters. The van der Waals surface area contributed by atoms with Gasteiger partial charge in [0.25, 0.3) is 0 Å². The smallest absolute Gasteiger partial charge is 0.320 e. The van der Waals surface area contributed by atoms with Crippen molar-refractivity contribution in [3.05, 3.63) is 70.2 Å². The summed E-state index contributed by atoms with van der Waals surface area (Å²) >= 11 is 1.50. The number of benzene rings is 1. The van der Waals surface area contributed by atoms with Gasteiger partial charge in [0.2, 0.25) is 11.8 Å². The Morgan fingerprint density at radius 2 is 1.90 bits per heavy atom. The van der Waals surface area contributed by atoms with Crippen molar-refractivity contribution in [1.82, 2.24) is 25.1 Å². The van der Waals surface area contributed by atoms with Crippen LogP contribution in [0.15, 0.2) is 54.0 Å². The molecule has 1 aromatic carbocycles. The monoisotopic (exact) mass is 547 g/mol. The van der Waals surface area contributed by atoms with E-state index < -0.39 is 0 Å². The minimum Gasteiger partial charge on any atom is -0.438 e. The Morgan fingerprint density at radius 1 is 1.13 bits per heavy atom. The molecule has 0 spiro atoms. The Kier molecular flexibility index (Phi) is 7.80. The lowest BCUT2D eigenvalue weighted by atomic mass is 9.92. The van der Waals surface area contributed by atoms with E-state index in [-0.39, 0.29) is 11.4 Å². The van der Waals surface area contributed by atoms with Crippen molar-refractivity contribution in [3.8, 4) is 17.3 Å². The third-order valence-corrected chi connectivity index (χ3v) is 7.14. The number of hydrogen-bond donors (Lipinski definition) is 2. The highest BCUT2D eigenvalue weighted by Crippen LogP contribution is 2.30. The average Bonchev–Trinajstić information content (AvgIpc) is 3.55. The number of morpholine rings is 1. The Morgan fingerprint density at radius 3 is 2.64 bits per heavy atom. The van der Waals surface area contributed by atoms with E-state index in [1.54, 1.807) is 16.9 Å². The molecule has 39 heavy (non-hydrogen) atoms. The third kappa shape index (κ3) is 6.55. The molecule has 4 heterocycles. The van der Waals surface area contributed by atoms with Crippen molar-refractivity contribution in [2.75, 3.05) is 36.5 Å². The van der Waals surface area contributed by atoms with Gasteiger partial charge in [-0.2, -0.15) is 10.1 Å². The van der Waals surface area contributed by atoms with Crippen LogP contribution in [0.3, 0.4) is 0 Å². The predicted octanol–water partition coefficient (Wildman–Crippen LogP) is 5.28. The van der Waals surface area contributed by atoms with Crippen LogP contribution in [0.1, 0.15) is 36.9 Å². The number of urea groups is 1. The SMILES string of the molecule is Cc1ccc(-n2nc(C(C)(C)C)cc2NC(=O)NCc2sccc2Oc2ccnc(N3CCOCC3)n2)cc1. The van der Waals surface area contributed by atoms with Crippen LogP contribution in [0.2, 0.25) is 0 Å². The van der Waals surface area contributed by atoms with E-state index in [9.17, 15) is 4.79 Å². The summed E-state index contributed by atoms with van der Waals surface area (Å²) in [5.74, 6) is 2.31. The van der Waals surface area contributed by atoms with Crippen molar-refractivity contribution in [2.24, 2.45) is 0 Å². The normalized spacial score (nSPS) is 13.8. The topological polar surface area (TPSA) is 106 Å². The van der Waals surface area contributed by atoms with Gasteiger partial charge in [0.1, 0.15) is 11.6 Å². The molecule has 0 atom stereocenters. The fourth-order valence-electron chi connectivity index (χ4n) is 4.01. The lowest BCUT2D eigenvalue weighted by molar-refractivity contribution is 0.122. The molecule has 204 valence electrons. The molecular weight excluding hydrogens is 514 g/mol. The van der Waals surface area contributed by atoms with Crippen molar-refractivity contribution in [1.29, 1.82) is 0 Å². The number of amides is 2. The van der Waals surface area contributed by atoms with Gasteiger partial charge in [0, 0.05) is 36.8 Å². The summed E-state index contributed by atoms with van der Waals surface area (Å²) in [4.78, 5) is 24.8. The van der Waals surface area contributed by atoms with Crippen molar-refractivity contribution in [3.63, 3.8) is 0 Å². The molecule has 4 aromatic rings. The van der Waals surface area contributed by atoms with Crippen LogP contribution in [0, 0.1) is 6.92 Å². The van der Waals surface area contributed by atoms with E-state index in [2.05, 4.69) is 46.3 Å².